The molecule has 1 atom stereocenters. The van der Waals surface area contributed by atoms with Gasteiger partial charge in [-0.05, 0) is 43.5 Å². The average molecular weight is 391 g/mol. The zero-order valence-electron chi connectivity index (χ0n) is 15.4. The molecule has 0 saturated heterocycles. The summed E-state index contributed by atoms with van der Waals surface area (Å²) in [6, 6.07) is 7.55. The maximum Gasteiger partial charge on any atom is 0.419 e. The highest BCUT2D eigenvalue weighted by Crippen LogP contribution is 2.45. The summed E-state index contributed by atoms with van der Waals surface area (Å²) >= 11 is 0. The molecule has 0 bridgehead atoms. The van der Waals surface area contributed by atoms with Gasteiger partial charge < -0.3 is 10.2 Å². The van der Waals surface area contributed by atoms with E-state index in [0.717, 1.165) is 17.5 Å². The maximum atomic E-state index is 13.2. The van der Waals surface area contributed by atoms with Gasteiger partial charge in [0.05, 0.1) is 18.4 Å². The van der Waals surface area contributed by atoms with Crippen LogP contribution in [0.25, 0.3) is 0 Å². The van der Waals surface area contributed by atoms with E-state index in [9.17, 15) is 13.2 Å². The van der Waals surface area contributed by atoms with E-state index in [4.69, 9.17) is 4.74 Å². The molecule has 0 radical (unpaired) electrons. The quantitative estimate of drug-likeness (QED) is 0.805. The van der Waals surface area contributed by atoms with Gasteiger partial charge in [0.2, 0.25) is 5.95 Å². The third-order valence-electron chi connectivity index (χ3n) is 5.05. The molecule has 1 aliphatic carbocycles. The molecular weight excluding hydrogens is 371 g/mol. The fraction of sp³-hybridized carbons (Fsp3) is 0.368. The molecule has 6 nitrogen and oxygen atoms in total. The lowest BCUT2D eigenvalue weighted by molar-refractivity contribution is -0.138. The van der Waals surface area contributed by atoms with Crippen LogP contribution in [0.1, 0.15) is 42.5 Å². The Morgan fingerprint density at radius 3 is 2.57 bits per heavy atom. The van der Waals surface area contributed by atoms with E-state index in [2.05, 4.69) is 20.8 Å². The van der Waals surface area contributed by atoms with E-state index in [0.29, 0.717) is 12.8 Å². The molecule has 4 rings (SSSR count). The maximum absolute atomic E-state index is 13.2. The topological polar surface area (TPSA) is 62.3 Å². The van der Waals surface area contributed by atoms with E-state index < -0.39 is 17.3 Å². The summed E-state index contributed by atoms with van der Waals surface area (Å²) in [6.07, 6.45) is 1.52. The smallest absolute Gasteiger partial charge is 0.419 e. The minimum Gasteiger partial charge on any atom is -0.497 e. The van der Waals surface area contributed by atoms with Gasteiger partial charge in [-0.2, -0.15) is 13.2 Å². The predicted octanol–water partition coefficient (Wildman–Crippen LogP) is 3.96. The van der Waals surface area contributed by atoms with Crippen LogP contribution in [0.4, 0.5) is 19.1 Å². The van der Waals surface area contributed by atoms with Crippen LogP contribution in [0.2, 0.25) is 0 Å². The summed E-state index contributed by atoms with van der Waals surface area (Å²) in [5.74, 6) is 0.700. The number of aromatic nitrogens is 2. The Hall–Kier alpha value is -2.81. The monoisotopic (exact) mass is 391 g/mol. The Balaban J connectivity index is 1.60. The van der Waals surface area contributed by atoms with Gasteiger partial charge in [-0.15, -0.1) is 5.12 Å². The van der Waals surface area contributed by atoms with E-state index >= 15 is 0 Å². The molecule has 1 aliphatic heterocycles. The second-order valence-electron chi connectivity index (χ2n) is 7.05. The average Bonchev–Trinajstić information content (AvgIpc) is 3.45. The molecule has 2 N–H and O–H groups in total. The summed E-state index contributed by atoms with van der Waals surface area (Å²) in [5.41, 5.74) is 5.70. The van der Waals surface area contributed by atoms with Crippen molar-refractivity contribution in [2.45, 2.75) is 37.4 Å². The van der Waals surface area contributed by atoms with Crippen LogP contribution >= 0.6 is 0 Å². The third kappa shape index (κ3) is 3.37. The number of anilines is 1. The van der Waals surface area contributed by atoms with Crippen LogP contribution in [0.15, 0.2) is 42.7 Å². The number of nitrogens with zero attached hydrogens (tertiary/aromatic N) is 3. The number of hydrogen-bond acceptors (Lipinski definition) is 6. The highest BCUT2D eigenvalue weighted by Gasteiger charge is 2.41. The molecule has 0 amide bonds. The van der Waals surface area contributed by atoms with E-state index in [1.54, 1.807) is 18.4 Å². The number of hydrazine groups is 2. The first kappa shape index (κ1) is 18.5. The van der Waals surface area contributed by atoms with Gasteiger partial charge in [-0.25, -0.2) is 9.97 Å². The molecule has 148 valence electrons. The van der Waals surface area contributed by atoms with Gasteiger partial charge in [-0.1, -0.05) is 12.1 Å². The van der Waals surface area contributed by atoms with Crippen LogP contribution in [0.5, 0.6) is 5.75 Å². The molecule has 0 spiro atoms. The minimum atomic E-state index is -4.46. The Labute approximate surface area is 160 Å². The number of benzene rings is 1. The van der Waals surface area contributed by atoms with Gasteiger partial charge in [0.15, 0.2) is 0 Å². The van der Waals surface area contributed by atoms with Crippen molar-refractivity contribution in [3.63, 3.8) is 0 Å². The number of ether oxygens (including phenoxy) is 1. The van der Waals surface area contributed by atoms with Crippen molar-refractivity contribution in [1.29, 1.82) is 0 Å². The highest BCUT2D eigenvalue weighted by molar-refractivity contribution is 5.39. The third-order valence-corrected chi connectivity index (χ3v) is 5.05. The molecule has 2 aromatic rings. The molecule has 9 heteroatoms. The minimum absolute atomic E-state index is 0.0586. The Kier molecular flexibility index (Phi) is 4.41. The van der Waals surface area contributed by atoms with Gasteiger partial charge in [0, 0.05) is 18.3 Å². The van der Waals surface area contributed by atoms with E-state index in [1.807, 2.05) is 37.3 Å². The zero-order chi connectivity index (χ0) is 19.9. The Morgan fingerprint density at radius 2 is 1.96 bits per heavy atom. The molecule has 1 aromatic carbocycles. The standard InChI is InChI=1S/C19H20F3N5O/c1-18(13-5-7-14(28-2)8-6-13)9-10-24-27(18)26-17-23-11-15(19(20,21)22)16(25-17)12-3-4-12/h5-12,24H,3-4H2,1-2H3,(H,23,25,26). The van der Waals surface area contributed by atoms with Crippen LogP contribution in [0, 0.1) is 0 Å². The summed E-state index contributed by atoms with van der Waals surface area (Å²) in [6.45, 7) is 1.96. The number of nitrogens with one attached hydrogen (secondary N) is 2. The van der Waals surface area contributed by atoms with E-state index in [1.165, 1.54) is 0 Å². The first-order valence-corrected chi connectivity index (χ1v) is 8.91. The number of rotatable bonds is 5. The van der Waals surface area contributed by atoms with Crippen molar-refractivity contribution in [1.82, 2.24) is 20.5 Å². The van der Waals surface area contributed by atoms with Crippen molar-refractivity contribution in [3.05, 3.63) is 59.6 Å². The second-order valence-corrected chi connectivity index (χ2v) is 7.05. The lowest BCUT2D eigenvalue weighted by atomic mass is 9.93. The highest BCUT2D eigenvalue weighted by atomic mass is 19.4. The molecule has 2 aliphatic rings. The lowest BCUT2D eigenvalue weighted by Gasteiger charge is -2.34. The van der Waals surface area contributed by atoms with Gasteiger partial charge in [0.1, 0.15) is 11.3 Å². The predicted molar refractivity (Wildman–Crippen MR) is 97.1 cm³/mol. The van der Waals surface area contributed by atoms with Gasteiger partial charge in [0.25, 0.3) is 0 Å². The number of halogens is 3. The van der Waals surface area contributed by atoms with Gasteiger partial charge in [-0.3, -0.25) is 5.43 Å². The first-order valence-electron chi connectivity index (χ1n) is 8.91. The summed E-state index contributed by atoms with van der Waals surface area (Å²) in [7, 11) is 1.60. The lowest BCUT2D eigenvalue weighted by Crippen LogP contribution is -2.48. The van der Waals surface area contributed by atoms with Crippen LogP contribution < -0.4 is 15.6 Å². The van der Waals surface area contributed by atoms with Crippen LogP contribution in [-0.2, 0) is 11.7 Å². The Bertz CT molecular complexity index is 895. The van der Waals surface area contributed by atoms with Crippen molar-refractivity contribution in [3.8, 4) is 5.75 Å². The molecule has 2 heterocycles. The van der Waals surface area contributed by atoms with Gasteiger partial charge >= 0.3 is 6.18 Å². The van der Waals surface area contributed by atoms with Crippen LogP contribution in [-0.4, -0.2) is 22.2 Å². The summed E-state index contributed by atoms with van der Waals surface area (Å²) in [5, 5.41) is 1.66. The van der Waals surface area contributed by atoms with Crippen LogP contribution in [0.3, 0.4) is 0 Å². The van der Waals surface area contributed by atoms with Crippen molar-refractivity contribution in [2.75, 3.05) is 12.5 Å². The molecule has 1 saturated carbocycles. The normalized spacial score (nSPS) is 22.2. The number of alkyl halides is 3. The van der Waals surface area contributed by atoms with Crippen molar-refractivity contribution >= 4 is 5.95 Å². The van der Waals surface area contributed by atoms with Crippen molar-refractivity contribution < 1.29 is 17.9 Å². The van der Waals surface area contributed by atoms with Crippen molar-refractivity contribution in [2.24, 2.45) is 0 Å². The fourth-order valence-corrected chi connectivity index (χ4v) is 3.22. The zero-order valence-corrected chi connectivity index (χ0v) is 15.4. The fourth-order valence-electron chi connectivity index (χ4n) is 3.22. The Morgan fingerprint density at radius 1 is 1.25 bits per heavy atom. The SMILES string of the molecule is COc1ccc(C2(C)C=CNN2Nc2ncc(C(F)(F)F)c(C3CC3)n2)cc1. The summed E-state index contributed by atoms with van der Waals surface area (Å²) in [4.78, 5) is 8.07. The first-order chi connectivity index (χ1) is 13.3. The van der Waals surface area contributed by atoms with E-state index in [-0.39, 0.29) is 17.6 Å². The molecular formula is C19H20F3N5O. The molecule has 1 aromatic heterocycles. The number of hydrogen-bond donors (Lipinski definition) is 2. The molecule has 1 unspecified atom stereocenters. The molecule has 1 fully saturated rings. The second kappa shape index (κ2) is 6.66. The molecule has 28 heavy (non-hydrogen) atoms. The number of methoxy groups -OCH3 is 1. The largest absolute Gasteiger partial charge is 0.497 e. The summed E-state index contributed by atoms with van der Waals surface area (Å²) < 4.78 is 44.9.